The summed E-state index contributed by atoms with van der Waals surface area (Å²) < 4.78 is 35.1. The molecule has 0 saturated carbocycles. The largest absolute Gasteiger partial charge is 0.344 e. The standard InChI is InChI=1S/C28H19N3O4S3.H3N/c1-16-2-8-22-25(26(16)38(33,34)35)37-28(31-22)20-7-9-21-24(15-20)36-27(30-21)19-5-3-17(4-6-19)14-23(32)18-10-12-29-13-11-18;/h2-13,15H,14H2,1H3,(H,33,34,35);1H3. The van der Waals surface area contributed by atoms with Crippen molar-refractivity contribution in [3.8, 4) is 21.1 Å². The molecule has 0 spiro atoms. The summed E-state index contributed by atoms with van der Waals surface area (Å²) in [5.41, 5.74) is 5.22. The molecule has 11 heteroatoms. The number of hydrogen-bond acceptors (Lipinski definition) is 9. The number of benzene rings is 3. The van der Waals surface area contributed by atoms with Crippen LogP contribution < -0.4 is 6.15 Å². The van der Waals surface area contributed by atoms with Crippen LogP contribution >= 0.6 is 22.7 Å². The number of nitrogens with zero attached hydrogens (tertiary/aromatic N) is 3. The fourth-order valence-electron chi connectivity index (χ4n) is 4.28. The minimum atomic E-state index is -4.37. The predicted octanol–water partition coefficient (Wildman–Crippen LogP) is 6.78. The van der Waals surface area contributed by atoms with Crippen LogP contribution in [0.3, 0.4) is 0 Å². The van der Waals surface area contributed by atoms with Crippen molar-refractivity contribution in [2.45, 2.75) is 18.2 Å². The third-order valence-electron chi connectivity index (χ3n) is 6.17. The van der Waals surface area contributed by atoms with Gasteiger partial charge in [0.1, 0.15) is 14.9 Å². The van der Waals surface area contributed by atoms with Gasteiger partial charge < -0.3 is 6.15 Å². The SMILES string of the molecule is Cc1ccc2nc(-c3ccc4nc(-c5ccc(CC(=O)c6ccncc6)cc5)sc4c3)sc2c1S(=O)(=O)O.N. The minimum Gasteiger partial charge on any atom is -0.344 e. The summed E-state index contributed by atoms with van der Waals surface area (Å²) in [5, 5.41) is 1.52. The highest BCUT2D eigenvalue weighted by atomic mass is 32.2. The van der Waals surface area contributed by atoms with Crippen molar-refractivity contribution in [2.24, 2.45) is 0 Å². The topological polar surface area (TPSA) is 145 Å². The van der Waals surface area contributed by atoms with Gasteiger partial charge in [-0.1, -0.05) is 30.3 Å². The van der Waals surface area contributed by atoms with E-state index in [1.54, 1.807) is 54.9 Å². The van der Waals surface area contributed by atoms with E-state index in [0.717, 1.165) is 31.9 Å². The number of hydrogen-bond donors (Lipinski definition) is 2. The quantitative estimate of drug-likeness (QED) is 0.164. The van der Waals surface area contributed by atoms with Crippen molar-refractivity contribution in [2.75, 3.05) is 0 Å². The highest BCUT2D eigenvalue weighted by molar-refractivity contribution is 7.86. The number of thiazole rings is 2. The average molecular weight is 575 g/mol. The van der Waals surface area contributed by atoms with Crippen LogP contribution in [0.15, 0.2) is 84.0 Å². The first-order chi connectivity index (χ1) is 18.3. The molecule has 0 aliphatic rings. The maximum atomic E-state index is 12.5. The van der Waals surface area contributed by atoms with Gasteiger partial charge in [-0.15, -0.1) is 22.7 Å². The molecule has 3 aromatic heterocycles. The van der Waals surface area contributed by atoms with Crippen LogP contribution in [-0.4, -0.2) is 33.7 Å². The number of aryl methyl sites for hydroxylation is 1. The van der Waals surface area contributed by atoms with E-state index in [4.69, 9.17) is 4.98 Å². The zero-order valence-electron chi connectivity index (χ0n) is 20.7. The van der Waals surface area contributed by atoms with Gasteiger partial charge in [0.05, 0.1) is 20.4 Å². The smallest absolute Gasteiger partial charge is 0.296 e. The Balaban J connectivity index is 0.00000308. The van der Waals surface area contributed by atoms with Crippen LogP contribution in [0.25, 0.3) is 41.6 Å². The molecule has 0 atom stereocenters. The van der Waals surface area contributed by atoms with Gasteiger partial charge in [0.25, 0.3) is 10.1 Å². The van der Waals surface area contributed by atoms with Crippen LogP contribution in [-0.2, 0) is 16.5 Å². The normalized spacial score (nSPS) is 11.5. The van der Waals surface area contributed by atoms with Crippen LogP contribution in [0.2, 0.25) is 0 Å². The molecule has 3 heterocycles. The predicted molar refractivity (Wildman–Crippen MR) is 156 cm³/mol. The number of Topliss-reactive ketones (excluding diaryl/α,β-unsaturated/α-hetero) is 1. The molecule has 0 saturated heterocycles. The van der Waals surface area contributed by atoms with Crippen LogP contribution in [0.4, 0.5) is 0 Å². The molecule has 0 bridgehead atoms. The second-order valence-electron chi connectivity index (χ2n) is 8.79. The Labute approximate surface area is 232 Å². The van der Waals surface area contributed by atoms with E-state index in [-0.39, 0.29) is 16.8 Å². The van der Waals surface area contributed by atoms with Crippen molar-refractivity contribution in [1.82, 2.24) is 21.1 Å². The Morgan fingerprint density at radius 1 is 0.846 bits per heavy atom. The Morgan fingerprint density at radius 2 is 1.49 bits per heavy atom. The molecule has 3 aromatic carbocycles. The molecule has 0 fully saturated rings. The monoisotopic (exact) mass is 574 g/mol. The van der Waals surface area contributed by atoms with Crippen LogP contribution in [0, 0.1) is 6.92 Å². The van der Waals surface area contributed by atoms with Crippen LogP contribution in [0.1, 0.15) is 21.5 Å². The van der Waals surface area contributed by atoms with E-state index in [2.05, 4.69) is 9.97 Å². The summed E-state index contributed by atoms with van der Waals surface area (Å²) in [6.07, 6.45) is 3.54. The third-order valence-corrected chi connectivity index (χ3v) is 9.55. The van der Waals surface area contributed by atoms with Gasteiger partial charge in [-0.25, -0.2) is 9.97 Å². The van der Waals surface area contributed by atoms with Crippen molar-refractivity contribution in [3.05, 3.63) is 95.8 Å². The molecule has 4 N–H and O–H groups in total. The molecule has 0 radical (unpaired) electrons. The van der Waals surface area contributed by atoms with Crippen LogP contribution in [0.5, 0.6) is 0 Å². The molecular weight excluding hydrogens is 553 g/mol. The Hall–Kier alpha value is -3.87. The van der Waals surface area contributed by atoms with Gasteiger partial charge >= 0.3 is 0 Å². The summed E-state index contributed by atoms with van der Waals surface area (Å²) in [7, 11) is -4.37. The number of fused-ring (bicyclic) bond motifs is 2. The minimum absolute atomic E-state index is 0. The molecule has 0 aliphatic carbocycles. The first-order valence-electron chi connectivity index (χ1n) is 11.6. The molecule has 196 valence electrons. The lowest BCUT2D eigenvalue weighted by molar-refractivity contribution is 0.0993. The van der Waals surface area contributed by atoms with E-state index in [1.807, 2.05) is 42.5 Å². The fraction of sp³-hybridized carbons (Fsp3) is 0.0714. The van der Waals surface area contributed by atoms with Gasteiger partial charge in [0.15, 0.2) is 5.78 Å². The van der Waals surface area contributed by atoms with E-state index < -0.39 is 10.1 Å². The maximum Gasteiger partial charge on any atom is 0.296 e. The maximum absolute atomic E-state index is 12.5. The highest BCUT2D eigenvalue weighted by Gasteiger charge is 2.21. The van der Waals surface area contributed by atoms with Gasteiger partial charge in [0, 0.05) is 35.5 Å². The molecule has 6 rings (SSSR count). The lowest BCUT2D eigenvalue weighted by atomic mass is 10.0. The molecule has 6 aromatic rings. The van der Waals surface area contributed by atoms with E-state index >= 15 is 0 Å². The molecular formula is C28H22N4O4S3. The Bertz CT molecular complexity index is 1950. The lowest BCUT2D eigenvalue weighted by Gasteiger charge is -2.02. The zero-order valence-corrected chi connectivity index (χ0v) is 23.1. The molecule has 0 unspecified atom stereocenters. The molecule has 0 amide bonds. The number of carbonyl (C=O) groups is 1. The fourth-order valence-corrected chi connectivity index (χ4v) is 7.60. The average Bonchev–Trinajstić information content (AvgIpc) is 3.52. The Morgan fingerprint density at radius 3 is 2.21 bits per heavy atom. The number of rotatable bonds is 6. The van der Waals surface area contributed by atoms with Crippen molar-refractivity contribution >= 4 is 59.0 Å². The van der Waals surface area contributed by atoms with Crippen molar-refractivity contribution in [3.63, 3.8) is 0 Å². The lowest BCUT2D eigenvalue weighted by Crippen LogP contribution is -2.03. The van der Waals surface area contributed by atoms with E-state index in [9.17, 15) is 17.8 Å². The number of ketones is 1. The highest BCUT2D eigenvalue weighted by Crippen LogP contribution is 2.38. The van der Waals surface area contributed by atoms with Crippen molar-refractivity contribution < 1.29 is 17.8 Å². The summed E-state index contributed by atoms with van der Waals surface area (Å²) in [5.74, 6) is 0.0429. The number of aromatic nitrogens is 3. The molecule has 39 heavy (non-hydrogen) atoms. The van der Waals surface area contributed by atoms with Gasteiger partial charge in [-0.3, -0.25) is 14.3 Å². The molecule has 0 aliphatic heterocycles. The van der Waals surface area contributed by atoms with Gasteiger partial charge in [0.2, 0.25) is 0 Å². The second kappa shape index (κ2) is 10.4. The zero-order chi connectivity index (χ0) is 26.4. The summed E-state index contributed by atoms with van der Waals surface area (Å²) in [6.45, 7) is 1.65. The molecule has 8 nitrogen and oxygen atoms in total. The van der Waals surface area contributed by atoms with Gasteiger partial charge in [-0.2, -0.15) is 8.42 Å². The summed E-state index contributed by atoms with van der Waals surface area (Å²) >= 11 is 2.79. The third kappa shape index (κ3) is 5.22. The Kier molecular flexibility index (Phi) is 7.10. The number of carbonyl (C=O) groups excluding carboxylic acids is 1. The van der Waals surface area contributed by atoms with Gasteiger partial charge in [-0.05, 0) is 54.4 Å². The first kappa shape index (κ1) is 26.7. The first-order valence-corrected chi connectivity index (χ1v) is 14.6. The van der Waals surface area contributed by atoms with E-state index in [0.29, 0.717) is 32.8 Å². The summed E-state index contributed by atoms with van der Waals surface area (Å²) in [6, 6.07) is 20.5. The second-order valence-corrected chi connectivity index (χ2v) is 12.2. The van der Waals surface area contributed by atoms with E-state index in [1.165, 1.54) is 11.3 Å². The number of pyridine rings is 1. The van der Waals surface area contributed by atoms with Crippen molar-refractivity contribution in [1.29, 1.82) is 0 Å². The summed E-state index contributed by atoms with van der Waals surface area (Å²) in [4.78, 5) is 25.7.